The van der Waals surface area contributed by atoms with Gasteiger partial charge in [0.15, 0.2) is 0 Å². The fraction of sp³-hybridized carbons (Fsp3) is 0.588. The van der Waals surface area contributed by atoms with E-state index in [1.54, 1.807) is 53.8 Å². The Morgan fingerprint density at radius 1 is 1.04 bits per heavy atom. The zero-order chi connectivity index (χ0) is 37.5. The molecule has 3 fully saturated rings. The van der Waals surface area contributed by atoms with Gasteiger partial charge in [0.25, 0.3) is 5.91 Å². The summed E-state index contributed by atoms with van der Waals surface area (Å²) in [5, 5.41) is 9.97. The molecule has 0 spiro atoms. The third-order valence-corrected chi connectivity index (χ3v) is 11.3. The summed E-state index contributed by atoms with van der Waals surface area (Å²) < 4.78 is 38.3. The van der Waals surface area contributed by atoms with Gasteiger partial charge < -0.3 is 25.0 Å². The van der Waals surface area contributed by atoms with Crippen molar-refractivity contribution in [3.05, 3.63) is 35.3 Å². The lowest BCUT2D eigenvalue weighted by Crippen LogP contribution is -2.60. The van der Waals surface area contributed by atoms with Crippen molar-refractivity contribution in [1.29, 1.82) is 0 Å². The molecule has 4 N–H and O–H groups in total. The lowest BCUT2D eigenvalue weighted by Gasteiger charge is -2.36. The van der Waals surface area contributed by atoms with Crippen LogP contribution in [0.25, 0.3) is 10.6 Å². The van der Waals surface area contributed by atoms with Crippen LogP contribution in [0.2, 0.25) is 0 Å². The average molecular weight is 747 g/mol. The number of amides is 5. The molecular formula is C34H46N6O9S2. The first-order valence-corrected chi connectivity index (χ1v) is 19.3. The first-order chi connectivity index (χ1) is 23.7. The highest BCUT2D eigenvalue weighted by molar-refractivity contribution is 7.91. The molecule has 278 valence electrons. The fourth-order valence-corrected chi connectivity index (χ4v) is 7.81. The van der Waals surface area contributed by atoms with Crippen molar-refractivity contribution in [2.45, 2.75) is 115 Å². The molecule has 1 saturated heterocycles. The Labute approximate surface area is 301 Å². The molecule has 0 unspecified atom stereocenters. The number of likely N-dealkylation sites (tertiary alicyclic amines) is 1. The third kappa shape index (κ3) is 9.36. The van der Waals surface area contributed by atoms with Crippen molar-refractivity contribution in [3.8, 4) is 10.6 Å². The monoisotopic (exact) mass is 746 g/mol. The zero-order valence-electron chi connectivity index (χ0n) is 29.8. The number of aromatic nitrogens is 1. The van der Waals surface area contributed by atoms with Crippen molar-refractivity contribution >= 4 is 57.0 Å². The van der Waals surface area contributed by atoms with Crippen molar-refractivity contribution in [2.24, 2.45) is 5.41 Å². The minimum absolute atomic E-state index is 0.125. The van der Waals surface area contributed by atoms with Gasteiger partial charge in [0.1, 0.15) is 34.3 Å². The smallest absolute Gasteiger partial charge is 0.411 e. The summed E-state index contributed by atoms with van der Waals surface area (Å²) >= 11 is 1.40. The van der Waals surface area contributed by atoms with E-state index in [0.717, 1.165) is 5.56 Å². The van der Waals surface area contributed by atoms with Crippen LogP contribution >= 0.6 is 11.3 Å². The molecule has 5 rings (SSSR count). The number of carbonyl (C=O) groups excluding carboxylic acids is 5. The predicted molar refractivity (Wildman–Crippen MR) is 189 cm³/mol. The van der Waals surface area contributed by atoms with Crippen molar-refractivity contribution in [1.82, 2.24) is 25.2 Å². The van der Waals surface area contributed by atoms with Gasteiger partial charge in [-0.15, -0.1) is 11.3 Å². The number of rotatable bonds is 10. The molecule has 5 amide bonds. The molecule has 0 radical (unpaired) electrons. The Kier molecular flexibility index (Phi) is 10.5. The number of benzene rings is 1. The molecule has 3 atom stereocenters. The van der Waals surface area contributed by atoms with Gasteiger partial charge in [-0.2, -0.15) is 0 Å². The van der Waals surface area contributed by atoms with Crippen LogP contribution in [0, 0.1) is 12.3 Å². The van der Waals surface area contributed by atoms with E-state index in [9.17, 15) is 32.4 Å². The number of nitrogens with one attached hydrogen (secondary N) is 4. The number of hydrogen-bond acceptors (Lipinski definition) is 11. The van der Waals surface area contributed by atoms with Gasteiger partial charge in [-0.1, -0.05) is 26.8 Å². The van der Waals surface area contributed by atoms with E-state index in [0.29, 0.717) is 29.1 Å². The minimum atomic E-state index is -3.86. The van der Waals surface area contributed by atoms with Crippen LogP contribution in [0.4, 0.5) is 15.3 Å². The van der Waals surface area contributed by atoms with Gasteiger partial charge in [0, 0.05) is 23.6 Å². The largest absolute Gasteiger partial charge is 0.444 e. The molecule has 0 bridgehead atoms. The Balaban J connectivity index is 1.36. The maximum atomic E-state index is 14.3. The zero-order valence-corrected chi connectivity index (χ0v) is 31.5. The number of ether oxygens (including phenoxy) is 2. The summed E-state index contributed by atoms with van der Waals surface area (Å²) in [6.45, 7) is 12.0. The molecule has 1 aromatic heterocycles. The highest BCUT2D eigenvalue weighted by Gasteiger charge is 2.55. The number of nitrogens with zero attached hydrogens (tertiary/aromatic N) is 2. The first kappa shape index (κ1) is 38.0. The number of hydrogen-bond donors (Lipinski definition) is 4. The van der Waals surface area contributed by atoms with Gasteiger partial charge in [-0.05, 0) is 76.5 Å². The molecular weight excluding hydrogens is 701 g/mol. The SMILES string of the molecule is Cc1ccc(-c2nccs2)c(NC(=O)O[C@@H]2C[C@@H](C(=O)NC3(C(=O)NS(=O)(=O)C4CC4)CC3)N(C(=O)[C@@H](NC(=O)OC(C)(C)C)C(C)(C)C)C2)c1. The molecule has 2 aliphatic carbocycles. The molecule has 1 aromatic carbocycles. The fourth-order valence-electron chi connectivity index (χ4n) is 5.75. The summed E-state index contributed by atoms with van der Waals surface area (Å²) in [5.41, 5.74) is -1.12. The Bertz CT molecular complexity index is 1790. The average Bonchev–Trinajstić information content (AvgIpc) is 3.91. The van der Waals surface area contributed by atoms with Crippen LogP contribution in [-0.2, 0) is 33.9 Å². The summed E-state index contributed by atoms with van der Waals surface area (Å²) in [4.78, 5) is 73.1. The maximum absolute atomic E-state index is 14.3. The molecule has 3 aliphatic rings. The normalized spacial score (nSPS) is 20.5. The third-order valence-electron chi connectivity index (χ3n) is 8.72. The number of carbonyl (C=O) groups is 5. The number of sulfonamides is 1. The number of alkyl carbamates (subject to hydrolysis) is 1. The summed E-state index contributed by atoms with van der Waals surface area (Å²) in [7, 11) is -3.86. The molecule has 2 saturated carbocycles. The van der Waals surface area contributed by atoms with Gasteiger partial charge in [0.05, 0.1) is 17.5 Å². The second-order valence-corrected chi connectivity index (χ2v) is 18.3. The minimum Gasteiger partial charge on any atom is -0.444 e. The molecule has 15 nitrogen and oxygen atoms in total. The van der Waals surface area contributed by atoms with Gasteiger partial charge in [-0.25, -0.2) is 23.0 Å². The van der Waals surface area contributed by atoms with Crippen LogP contribution in [0.3, 0.4) is 0 Å². The summed E-state index contributed by atoms with van der Waals surface area (Å²) in [5.74, 6) is -2.18. The van der Waals surface area contributed by atoms with E-state index in [1.807, 2.05) is 24.4 Å². The number of anilines is 1. The second kappa shape index (κ2) is 14.1. The van der Waals surface area contributed by atoms with Crippen molar-refractivity contribution < 1.29 is 41.9 Å². The number of aryl methyl sites for hydroxylation is 1. The Hall–Kier alpha value is -4.25. The predicted octanol–water partition coefficient (Wildman–Crippen LogP) is 3.83. The van der Waals surface area contributed by atoms with E-state index < -0.39 is 79.9 Å². The van der Waals surface area contributed by atoms with Crippen LogP contribution < -0.4 is 20.7 Å². The van der Waals surface area contributed by atoms with E-state index in [2.05, 4.69) is 25.7 Å². The molecule has 2 aromatic rings. The highest BCUT2D eigenvalue weighted by atomic mass is 32.2. The Morgan fingerprint density at radius 3 is 2.29 bits per heavy atom. The summed E-state index contributed by atoms with van der Waals surface area (Å²) in [6.07, 6.45) is 0.242. The lowest BCUT2D eigenvalue weighted by molar-refractivity contribution is -0.143. The van der Waals surface area contributed by atoms with Crippen LogP contribution in [-0.4, -0.2) is 89.3 Å². The quantitative estimate of drug-likeness (QED) is 0.277. The molecule has 17 heteroatoms. The van der Waals surface area contributed by atoms with Crippen LogP contribution in [0.1, 0.15) is 79.2 Å². The summed E-state index contributed by atoms with van der Waals surface area (Å²) in [6, 6.07) is 3.12. The molecule has 51 heavy (non-hydrogen) atoms. The second-order valence-electron chi connectivity index (χ2n) is 15.5. The first-order valence-electron chi connectivity index (χ1n) is 16.8. The number of thiazole rings is 1. The van der Waals surface area contributed by atoms with Gasteiger partial charge in [-0.3, -0.25) is 24.4 Å². The van der Waals surface area contributed by atoms with Gasteiger partial charge in [0.2, 0.25) is 21.8 Å². The van der Waals surface area contributed by atoms with E-state index >= 15 is 0 Å². The van der Waals surface area contributed by atoms with Crippen LogP contribution in [0.15, 0.2) is 29.8 Å². The maximum Gasteiger partial charge on any atom is 0.411 e. The van der Waals surface area contributed by atoms with E-state index in [4.69, 9.17) is 9.47 Å². The topological polar surface area (TPSA) is 202 Å². The molecule has 2 heterocycles. The Morgan fingerprint density at radius 2 is 1.73 bits per heavy atom. The standard InChI is InChI=1S/C34H46N6O9S2/c1-19-8-11-22(27-35-14-15-50-27)23(16-19)36-30(44)48-20-17-24(26(41)38-34(12-13-34)29(43)39-51(46,47)21-9-10-21)40(18-20)28(42)25(32(2,3)4)37-31(45)49-33(5,6)7/h8,11,14-16,20-21,24-25H,9-10,12-13,17-18H2,1-7H3,(H,36,44)(H,37,45)(H,38,41)(H,39,43)/t20-,24+,25-/m1/s1. The van der Waals surface area contributed by atoms with Crippen LogP contribution in [0.5, 0.6) is 0 Å². The van der Waals surface area contributed by atoms with Crippen molar-refractivity contribution in [2.75, 3.05) is 11.9 Å². The van der Waals surface area contributed by atoms with Crippen molar-refractivity contribution in [3.63, 3.8) is 0 Å². The van der Waals surface area contributed by atoms with E-state index in [1.165, 1.54) is 16.2 Å². The lowest BCUT2D eigenvalue weighted by atomic mass is 9.85. The van der Waals surface area contributed by atoms with E-state index in [-0.39, 0.29) is 25.8 Å². The van der Waals surface area contributed by atoms with Gasteiger partial charge >= 0.3 is 12.2 Å². The molecule has 1 aliphatic heterocycles. The highest BCUT2D eigenvalue weighted by Crippen LogP contribution is 2.38.